The minimum atomic E-state index is -5.07. The van der Waals surface area contributed by atoms with Gasteiger partial charge in [-0.15, -0.1) is 0 Å². The molecule has 1 saturated heterocycles. The molecular formula is C25H27ClF3N3O2. The zero-order valence-electron chi connectivity index (χ0n) is 18.9. The zero-order valence-corrected chi connectivity index (χ0v) is 19.6. The minimum absolute atomic E-state index is 0.0534. The molecule has 0 radical (unpaired) electrons. The lowest BCUT2D eigenvalue weighted by Crippen LogP contribution is -2.59. The van der Waals surface area contributed by atoms with E-state index in [4.69, 9.17) is 11.6 Å². The molecule has 4 rings (SSSR count). The Labute approximate surface area is 201 Å². The second-order valence-electron chi connectivity index (χ2n) is 9.04. The van der Waals surface area contributed by atoms with Crippen molar-refractivity contribution in [2.75, 3.05) is 26.7 Å². The summed E-state index contributed by atoms with van der Waals surface area (Å²) < 4.78 is 38.9. The molecule has 2 aliphatic heterocycles. The summed E-state index contributed by atoms with van der Waals surface area (Å²) in [7, 11) is 2.08. The summed E-state index contributed by atoms with van der Waals surface area (Å²) >= 11 is 5.90. The van der Waals surface area contributed by atoms with Gasteiger partial charge in [-0.2, -0.15) is 13.2 Å². The first kappa shape index (κ1) is 24.5. The first-order valence-corrected chi connectivity index (χ1v) is 11.7. The molecule has 34 heavy (non-hydrogen) atoms. The van der Waals surface area contributed by atoms with Gasteiger partial charge < -0.3 is 10.2 Å². The van der Waals surface area contributed by atoms with Crippen molar-refractivity contribution in [2.45, 2.75) is 43.4 Å². The van der Waals surface area contributed by atoms with E-state index < -0.39 is 24.0 Å². The predicted molar refractivity (Wildman–Crippen MR) is 123 cm³/mol. The molecule has 0 aliphatic carbocycles. The number of carbonyl (C=O) groups excluding carboxylic acids is 2. The number of benzene rings is 2. The molecular weight excluding hydrogens is 467 g/mol. The minimum Gasteiger partial charge on any atom is -0.341 e. The third-order valence-corrected chi connectivity index (χ3v) is 7.33. The zero-order chi connectivity index (χ0) is 24.5. The monoisotopic (exact) mass is 493 g/mol. The van der Waals surface area contributed by atoms with Gasteiger partial charge in [0.2, 0.25) is 5.91 Å². The number of amides is 2. The van der Waals surface area contributed by atoms with E-state index >= 15 is 0 Å². The maximum absolute atomic E-state index is 13.3. The third kappa shape index (κ3) is 4.93. The average Bonchev–Trinajstić information content (AvgIpc) is 2.82. The Morgan fingerprint density at radius 2 is 1.71 bits per heavy atom. The summed E-state index contributed by atoms with van der Waals surface area (Å²) in [6.45, 7) is 1.71. The van der Waals surface area contributed by atoms with Gasteiger partial charge in [0.25, 0.3) is 0 Å². The molecule has 2 aromatic carbocycles. The van der Waals surface area contributed by atoms with Crippen LogP contribution in [0.25, 0.3) is 0 Å². The SMILES string of the molecule is CN1CCc2ccccc2C12CCN(C(=O)[C@@H](Cc1ccc(Cl)cc1)NC(=O)C(F)(F)F)CC2. The van der Waals surface area contributed by atoms with Crippen LogP contribution in [0.4, 0.5) is 13.2 Å². The van der Waals surface area contributed by atoms with Crippen LogP contribution in [0, 0.1) is 0 Å². The molecule has 2 aliphatic rings. The lowest BCUT2D eigenvalue weighted by molar-refractivity contribution is -0.175. The molecule has 5 nitrogen and oxygen atoms in total. The lowest BCUT2D eigenvalue weighted by atomic mass is 9.74. The van der Waals surface area contributed by atoms with E-state index in [0.29, 0.717) is 36.5 Å². The Bertz CT molecular complexity index is 1050. The quantitative estimate of drug-likeness (QED) is 0.702. The van der Waals surface area contributed by atoms with Crippen molar-refractivity contribution in [3.05, 3.63) is 70.2 Å². The molecule has 1 atom stereocenters. The van der Waals surface area contributed by atoms with Gasteiger partial charge in [0.1, 0.15) is 6.04 Å². The lowest BCUT2D eigenvalue weighted by Gasteiger charge is -2.51. The molecule has 9 heteroatoms. The van der Waals surface area contributed by atoms with Crippen LogP contribution in [-0.4, -0.2) is 60.5 Å². The summed E-state index contributed by atoms with van der Waals surface area (Å²) in [6, 6.07) is 13.5. The van der Waals surface area contributed by atoms with E-state index in [1.165, 1.54) is 11.1 Å². The van der Waals surface area contributed by atoms with E-state index in [-0.39, 0.29) is 12.0 Å². The number of carbonyl (C=O) groups is 2. The Morgan fingerprint density at radius 3 is 2.35 bits per heavy atom. The number of hydrogen-bond donors (Lipinski definition) is 1. The van der Waals surface area contributed by atoms with Crippen molar-refractivity contribution in [3.63, 3.8) is 0 Å². The number of halogens is 4. The summed E-state index contributed by atoms with van der Waals surface area (Å²) in [5, 5.41) is 2.39. The van der Waals surface area contributed by atoms with Gasteiger partial charge >= 0.3 is 12.1 Å². The molecule has 0 saturated carbocycles. The topological polar surface area (TPSA) is 52.6 Å². The predicted octanol–water partition coefficient (Wildman–Crippen LogP) is 3.94. The number of fused-ring (bicyclic) bond motifs is 2. The van der Waals surface area contributed by atoms with E-state index in [9.17, 15) is 22.8 Å². The van der Waals surface area contributed by atoms with Crippen LogP contribution in [0.5, 0.6) is 0 Å². The van der Waals surface area contributed by atoms with Crippen LogP contribution >= 0.6 is 11.6 Å². The summed E-state index contributed by atoms with van der Waals surface area (Å²) in [5.41, 5.74) is 2.98. The van der Waals surface area contributed by atoms with Gasteiger partial charge in [0.15, 0.2) is 0 Å². The van der Waals surface area contributed by atoms with Crippen LogP contribution < -0.4 is 5.32 Å². The van der Waals surface area contributed by atoms with Crippen LogP contribution in [-0.2, 0) is 28.0 Å². The summed E-state index contributed by atoms with van der Waals surface area (Å²) in [4.78, 5) is 28.9. The third-order valence-electron chi connectivity index (χ3n) is 7.08. The van der Waals surface area contributed by atoms with Gasteiger partial charge in [-0.25, -0.2) is 0 Å². The number of hydrogen-bond acceptors (Lipinski definition) is 3. The molecule has 0 aromatic heterocycles. The second-order valence-corrected chi connectivity index (χ2v) is 9.48. The smallest absolute Gasteiger partial charge is 0.341 e. The van der Waals surface area contributed by atoms with Crippen molar-refractivity contribution in [2.24, 2.45) is 0 Å². The molecule has 1 N–H and O–H groups in total. The number of rotatable bonds is 4. The standard InChI is InChI=1S/C25H27ClF3N3O2/c1-31-13-10-18-4-2-3-5-20(18)24(31)11-14-32(15-12-24)22(33)21(30-23(34)25(27,28)29)16-17-6-8-19(26)9-7-17/h2-9,21H,10-16H2,1H3,(H,30,34)/t21-/m1/s1. The average molecular weight is 494 g/mol. The highest BCUT2D eigenvalue weighted by atomic mass is 35.5. The van der Waals surface area contributed by atoms with Crippen LogP contribution in [0.3, 0.4) is 0 Å². The Kier molecular flexibility index (Phi) is 6.92. The van der Waals surface area contributed by atoms with Crippen molar-refractivity contribution >= 4 is 23.4 Å². The normalized spacial score (nSPS) is 18.9. The molecule has 2 heterocycles. The number of alkyl halides is 3. The van der Waals surface area contributed by atoms with Crippen LogP contribution in [0.2, 0.25) is 5.02 Å². The highest BCUT2D eigenvalue weighted by molar-refractivity contribution is 6.30. The van der Waals surface area contributed by atoms with Crippen molar-refractivity contribution in [3.8, 4) is 0 Å². The molecule has 0 unspecified atom stereocenters. The van der Waals surface area contributed by atoms with Gasteiger partial charge in [0.05, 0.1) is 0 Å². The first-order chi connectivity index (χ1) is 16.1. The van der Waals surface area contributed by atoms with Gasteiger partial charge in [0, 0.05) is 36.6 Å². The fourth-order valence-corrected chi connectivity index (χ4v) is 5.29. The van der Waals surface area contributed by atoms with Crippen LogP contribution in [0.15, 0.2) is 48.5 Å². The summed E-state index contributed by atoms with van der Waals surface area (Å²) in [5.74, 6) is -2.62. The number of likely N-dealkylation sites (N-methyl/N-ethyl adjacent to an activating group) is 1. The molecule has 2 amide bonds. The van der Waals surface area contributed by atoms with Gasteiger partial charge in [-0.1, -0.05) is 48.0 Å². The molecule has 1 fully saturated rings. The van der Waals surface area contributed by atoms with E-state index in [1.54, 1.807) is 29.2 Å². The van der Waals surface area contributed by atoms with E-state index in [2.05, 4.69) is 24.1 Å². The Morgan fingerprint density at radius 1 is 1.06 bits per heavy atom. The van der Waals surface area contributed by atoms with Crippen molar-refractivity contribution in [1.29, 1.82) is 0 Å². The highest BCUT2D eigenvalue weighted by Crippen LogP contribution is 2.42. The largest absolute Gasteiger partial charge is 0.471 e. The van der Waals surface area contributed by atoms with Gasteiger partial charge in [-0.3, -0.25) is 14.5 Å². The highest BCUT2D eigenvalue weighted by Gasteiger charge is 2.45. The molecule has 1 spiro atoms. The first-order valence-electron chi connectivity index (χ1n) is 11.3. The molecule has 2 aromatic rings. The maximum Gasteiger partial charge on any atom is 0.471 e. The van der Waals surface area contributed by atoms with Crippen molar-refractivity contribution in [1.82, 2.24) is 15.1 Å². The Hall–Kier alpha value is -2.58. The van der Waals surface area contributed by atoms with Crippen molar-refractivity contribution < 1.29 is 22.8 Å². The number of nitrogens with zero attached hydrogens (tertiary/aromatic N) is 2. The maximum atomic E-state index is 13.3. The molecule has 0 bridgehead atoms. The van der Waals surface area contributed by atoms with Gasteiger partial charge in [-0.05, 0) is 55.1 Å². The number of likely N-dealkylation sites (tertiary alicyclic amines) is 1. The summed E-state index contributed by atoms with van der Waals surface area (Å²) in [6.07, 6.45) is -2.81. The molecule has 182 valence electrons. The second kappa shape index (κ2) is 9.58. The fraction of sp³-hybridized carbons (Fsp3) is 0.440. The Balaban J connectivity index is 1.52. The van der Waals surface area contributed by atoms with Crippen LogP contribution in [0.1, 0.15) is 29.5 Å². The fourth-order valence-electron chi connectivity index (χ4n) is 5.16. The number of piperidine rings is 1. The van der Waals surface area contributed by atoms with E-state index in [1.807, 2.05) is 17.4 Å². The van der Waals surface area contributed by atoms with E-state index in [0.717, 1.165) is 13.0 Å². The number of nitrogens with one attached hydrogen (secondary N) is 1.